The van der Waals surface area contributed by atoms with Gasteiger partial charge in [-0.25, -0.2) is 0 Å². The number of rotatable bonds is 3. The number of likely N-dealkylation sites (N-methyl/N-ethyl adjacent to an activating group) is 1. The fourth-order valence-corrected chi connectivity index (χ4v) is 0.174. The molecule has 0 fully saturated rings. The summed E-state index contributed by atoms with van der Waals surface area (Å²) in [4.78, 5) is 19.1. The molecule has 0 aromatic rings. The van der Waals surface area contributed by atoms with Crippen molar-refractivity contribution in [2.24, 2.45) is 5.73 Å². The predicted octanol–water partition coefficient (Wildman–Crippen LogP) is 0.198. The summed E-state index contributed by atoms with van der Waals surface area (Å²) in [7, 11) is 1.67. The topological polar surface area (TPSA) is 92.4 Å². The minimum absolute atomic E-state index is 0.222. The Labute approximate surface area is 79.3 Å². The maximum absolute atomic E-state index is 9.76. The number of hydrogen-bond acceptors (Lipinski definition) is 3. The van der Waals surface area contributed by atoms with Gasteiger partial charge in [-0.15, -0.1) is 0 Å². The molecule has 13 heavy (non-hydrogen) atoms. The molecule has 0 aliphatic carbocycles. The van der Waals surface area contributed by atoms with Crippen LogP contribution in [0.1, 0.15) is 27.2 Å². The van der Waals surface area contributed by atoms with E-state index in [1.54, 1.807) is 14.0 Å². The first-order valence-corrected chi connectivity index (χ1v) is 4.19. The Hall–Kier alpha value is -1.10. The number of carboxylic acids is 1. The summed E-state index contributed by atoms with van der Waals surface area (Å²) in [6.07, 6.45) is 0.222. The molecule has 0 spiro atoms. The van der Waals surface area contributed by atoms with E-state index >= 15 is 0 Å². The number of nitrogens with one attached hydrogen (secondary N) is 1. The number of carbonyl (C=O) groups is 2. The van der Waals surface area contributed by atoms with E-state index in [-0.39, 0.29) is 18.9 Å². The molecule has 0 unspecified atom stereocenters. The van der Waals surface area contributed by atoms with Crippen molar-refractivity contribution in [2.45, 2.75) is 27.2 Å². The van der Waals surface area contributed by atoms with Crippen molar-refractivity contribution in [2.75, 3.05) is 13.6 Å². The first kappa shape index (κ1) is 17.8. The Morgan fingerprint density at radius 3 is 1.69 bits per heavy atom. The number of carboxylic acid groups (broad SMARTS) is 1. The molecule has 4 N–H and O–H groups in total. The van der Waals surface area contributed by atoms with Gasteiger partial charge in [0.1, 0.15) is 0 Å². The first-order valence-electron chi connectivity index (χ1n) is 4.19. The Balaban J connectivity index is -0.000000131. The van der Waals surface area contributed by atoms with Gasteiger partial charge in [-0.1, -0.05) is 20.8 Å². The van der Waals surface area contributed by atoms with Gasteiger partial charge in [0.15, 0.2) is 0 Å². The Morgan fingerprint density at radius 1 is 1.38 bits per heavy atom. The number of carbonyl (C=O) groups excluding carboxylic acids is 1. The van der Waals surface area contributed by atoms with Crippen molar-refractivity contribution >= 4 is 11.9 Å². The summed E-state index contributed by atoms with van der Waals surface area (Å²) < 4.78 is 0. The zero-order valence-electron chi connectivity index (χ0n) is 8.76. The van der Waals surface area contributed by atoms with Crippen LogP contribution in [0.15, 0.2) is 0 Å². The van der Waals surface area contributed by atoms with Crippen molar-refractivity contribution in [3.63, 3.8) is 0 Å². The maximum atomic E-state index is 9.76. The zero-order chi connectivity index (χ0) is 11.3. The van der Waals surface area contributed by atoms with E-state index in [1.165, 1.54) is 0 Å². The second-order valence-electron chi connectivity index (χ2n) is 1.74. The number of aliphatic carboxylic acids is 1. The summed E-state index contributed by atoms with van der Waals surface area (Å²) >= 11 is 0. The minimum atomic E-state index is -0.745. The van der Waals surface area contributed by atoms with E-state index in [0.717, 1.165) is 0 Å². The van der Waals surface area contributed by atoms with Gasteiger partial charge in [0.2, 0.25) is 5.91 Å². The highest BCUT2D eigenvalue weighted by atomic mass is 16.4. The van der Waals surface area contributed by atoms with Crippen molar-refractivity contribution in [1.82, 2.24) is 5.32 Å². The lowest BCUT2D eigenvalue weighted by atomic mass is 10.5. The van der Waals surface area contributed by atoms with Crippen molar-refractivity contribution in [3.8, 4) is 0 Å². The molecule has 1 amide bonds. The van der Waals surface area contributed by atoms with E-state index in [0.29, 0.717) is 0 Å². The monoisotopic (exact) mass is 192 g/mol. The molecule has 0 aliphatic rings. The van der Waals surface area contributed by atoms with E-state index in [4.69, 9.17) is 10.8 Å². The number of amides is 1. The molecule has 0 atom stereocenters. The lowest BCUT2D eigenvalue weighted by Gasteiger charge is -1.85. The van der Waals surface area contributed by atoms with Crippen LogP contribution in [0.2, 0.25) is 0 Å². The van der Waals surface area contributed by atoms with Crippen molar-refractivity contribution in [3.05, 3.63) is 0 Å². The summed E-state index contributed by atoms with van der Waals surface area (Å²) in [5.74, 6) is -1.07. The highest BCUT2D eigenvalue weighted by Gasteiger charge is 1.82. The first-order chi connectivity index (χ1) is 6.04. The molecule has 0 saturated heterocycles. The summed E-state index contributed by atoms with van der Waals surface area (Å²) in [6.45, 7) is 5.86. The lowest BCUT2D eigenvalue weighted by molar-refractivity contribution is -0.136. The molecule has 0 bridgehead atoms. The van der Waals surface area contributed by atoms with Gasteiger partial charge in [-0.3, -0.25) is 9.59 Å². The fraction of sp³-hybridized carbons (Fsp3) is 0.750. The second kappa shape index (κ2) is 17.1. The van der Waals surface area contributed by atoms with Crippen molar-refractivity contribution < 1.29 is 14.7 Å². The van der Waals surface area contributed by atoms with E-state index in [1.807, 2.05) is 13.8 Å². The Bertz CT molecular complexity index is 127. The van der Waals surface area contributed by atoms with Gasteiger partial charge in [0.05, 0.1) is 6.54 Å². The molecule has 0 heterocycles. The molecular weight excluding hydrogens is 172 g/mol. The predicted molar refractivity (Wildman–Crippen MR) is 52.4 cm³/mol. The van der Waals surface area contributed by atoms with Crippen LogP contribution in [0.25, 0.3) is 0 Å². The minimum Gasteiger partial charge on any atom is -0.481 e. The summed E-state index contributed by atoms with van der Waals surface area (Å²) in [6, 6.07) is 0. The van der Waals surface area contributed by atoms with Crippen LogP contribution in [0.4, 0.5) is 0 Å². The maximum Gasteiger partial charge on any atom is 0.303 e. The molecule has 5 heteroatoms. The molecule has 0 aromatic carbocycles. The Kier molecular flexibility index (Phi) is 23.5. The largest absolute Gasteiger partial charge is 0.481 e. The number of hydrogen-bond donors (Lipinski definition) is 3. The SMILES string of the molecule is CC.CCC(=O)O.CNCC(N)=O. The average molecular weight is 192 g/mol. The summed E-state index contributed by atoms with van der Waals surface area (Å²) in [5, 5.41) is 10.3. The third kappa shape index (κ3) is 56.8. The van der Waals surface area contributed by atoms with Gasteiger partial charge in [0.25, 0.3) is 0 Å². The van der Waals surface area contributed by atoms with E-state index < -0.39 is 5.97 Å². The molecule has 0 aliphatic heterocycles. The third-order valence-electron chi connectivity index (χ3n) is 0.653. The zero-order valence-corrected chi connectivity index (χ0v) is 8.76. The van der Waals surface area contributed by atoms with Crippen LogP contribution < -0.4 is 11.1 Å². The van der Waals surface area contributed by atoms with Crippen LogP contribution in [-0.2, 0) is 9.59 Å². The number of primary amides is 1. The quantitative estimate of drug-likeness (QED) is 0.595. The molecule has 0 aromatic heterocycles. The lowest BCUT2D eigenvalue weighted by Crippen LogP contribution is -2.25. The van der Waals surface area contributed by atoms with Crippen LogP contribution in [0, 0.1) is 0 Å². The smallest absolute Gasteiger partial charge is 0.303 e. The highest BCUT2D eigenvalue weighted by Crippen LogP contribution is 1.67. The van der Waals surface area contributed by atoms with E-state index in [2.05, 4.69) is 5.32 Å². The van der Waals surface area contributed by atoms with Gasteiger partial charge in [-0.2, -0.15) is 0 Å². The summed E-state index contributed by atoms with van der Waals surface area (Å²) in [5.41, 5.74) is 4.70. The number of nitrogens with two attached hydrogens (primary N) is 1. The molecule has 0 radical (unpaired) electrons. The standard InChI is InChI=1S/C3H8N2O.C3H6O2.C2H6/c1-5-2-3(4)6;1-2-3(4)5;1-2/h5H,2H2,1H3,(H2,4,6);2H2,1H3,(H,4,5);1-2H3. The van der Waals surface area contributed by atoms with Crippen LogP contribution in [0.5, 0.6) is 0 Å². The third-order valence-corrected chi connectivity index (χ3v) is 0.653. The van der Waals surface area contributed by atoms with Gasteiger partial charge in [-0.05, 0) is 7.05 Å². The van der Waals surface area contributed by atoms with Gasteiger partial charge < -0.3 is 16.2 Å². The van der Waals surface area contributed by atoms with Gasteiger partial charge in [0, 0.05) is 6.42 Å². The van der Waals surface area contributed by atoms with Crippen LogP contribution in [0.3, 0.4) is 0 Å². The second-order valence-corrected chi connectivity index (χ2v) is 1.74. The fourth-order valence-electron chi connectivity index (χ4n) is 0.174. The average Bonchev–Trinajstić information content (AvgIpc) is 2.09. The normalized spacial score (nSPS) is 7.08. The molecule has 80 valence electrons. The molecule has 0 rings (SSSR count). The molecular formula is C8H20N2O3. The molecule has 5 nitrogen and oxygen atoms in total. The van der Waals surface area contributed by atoms with Crippen LogP contribution in [-0.4, -0.2) is 30.6 Å². The van der Waals surface area contributed by atoms with E-state index in [9.17, 15) is 9.59 Å². The van der Waals surface area contributed by atoms with Crippen LogP contribution >= 0.6 is 0 Å². The van der Waals surface area contributed by atoms with Crippen molar-refractivity contribution in [1.29, 1.82) is 0 Å². The Morgan fingerprint density at radius 2 is 1.69 bits per heavy atom. The molecule has 0 saturated carbocycles. The highest BCUT2D eigenvalue weighted by molar-refractivity contribution is 5.75. The van der Waals surface area contributed by atoms with Gasteiger partial charge >= 0.3 is 5.97 Å².